The molecule has 0 saturated heterocycles. The van der Waals surface area contributed by atoms with Gasteiger partial charge in [-0.3, -0.25) is 0 Å². The molecule has 2 rings (SSSR count). The van der Waals surface area contributed by atoms with E-state index in [9.17, 15) is 10.1 Å². The summed E-state index contributed by atoms with van der Waals surface area (Å²) in [6.07, 6.45) is 0.937. The summed E-state index contributed by atoms with van der Waals surface area (Å²) in [5.74, 6) is -0.782. The second kappa shape index (κ2) is 9.07. The minimum absolute atomic E-state index is 0.00989. The molecule has 1 atom stereocenters. The Kier molecular flexibility index (Phi) is 6.81. The Morgan fingerprint density at radius 1 is 1.38 bits per heavy atom. The number of hydrogen-bond donors (Lipinski definition) is 1. The molecule has 1 aliphatic heterocycles. The first-order chi connectivity index (χ1) is 12.5. The molecule has 0 spiro atoms. The summed E-state index contributed by atoms with van der Waals surface area (Å²) in [6.45, 7) is 6.79. The zero-order chi connectivity index (χ0) is 19.1. The zero-order valence-electron chi connectivity index (χ0n) is 15.4. The van der Waals surface area contributed by atoms with Crippen molar-refractivity contribution in [1.29, 1.82) is 5.26 Å². The van der Waals surface area contributed by atoms with E-state index >= 15 is 0 Å². The number of esters is 1. The van der Waals surface area contributed by atoms with Gasteiger partial charge in [-0.25, -0.2) is 4.79 Å². The number of nitriles is 1. The molecule has 1 heterocycles. The second-order valence-electron chi connectivity index (χ2n) is 5.91. The Morgan fingerprint density at radius 3 is 2.81 bits per heavy atom. The van der Waals surface area contributed by atoms with Gasteiger partial charge >= 0.3 is 5.97 Å². The van der Waals surface area contributed by atoms with Crippen LogP contribution in [0, 0.1) is 11.3 Å². The molecular formula is C20H24N2O4. The van der Waals surface area contributed by atoms with Crippen molar-refractivity contribution in [2.45, 2.75) is 39.7 Å². The van der Waals surface area contributed by atoms with Crippen LogP contribution in [0.4, 0.5) is 0 Å². The molecule has 0 aromatic heterocycles. The number of benzene rings is 1. The van der Waals surface area contributed by atoms with Gasteiger partial charge in [-0.1, -0.05) is 31.2 Å². The smallest absolute Gasteiger partial charge is 0.338 e. The van der Waals surface area contributed by atoms with Gasteiger partial charge in [0.05, 0.1) is 24.7 Å². The number of rotatable bonds is 7. The Balaban J connectivity index is 2.46. The standard InChI is InChI=1S/C20H24N2O4/c1-4-9-24-12-14-7-6-8-15(10-14)18-16(11-21)19(22)26-13(3)17(18)20(23)25-5-2/h6-8,10,18H,4-5,9,12,22H2,1-3H3. The molecule has 6 heteroatoms. The maximum absolute atomic E-state index is 12.5. The molecule has 6 nitrogen and oxygen atoms in total. The molecule has 0 saturated carbocycles. The molecule has 138 valence electrons. The second-order valence-corrected chi connectivity index (χ2v) is 5.91. The summed E-state index contributed by atoms with van der Waals surface area (Å²) < 4.78 is 16.2. The van der Waals surface area contributed by atoms with Crippen LogP contribution >= 0.6 is 0 Å². The van der Waals surface area contributed by atoms with Crippen molar-refractivity contribution in [2.75, 3.05) is 13.2 Å². The van der Waals surface area contributed by atoms with Crippen molar-refractivity contribution in [3.8, 4) is 6.07 Å². The predicted molar refractivity (Wildman–Crippen MR) is 96.4 cm³/mol. The number of ether oxygens (including phenoxy) is 3. The molecule has 1 aromatic rings. The number of nitrogens with two attached hydrogens (primary N) is 1. The molecule has 0 radical (unpaired) electrons. The van der Waals surface area contributed by atoms with E-state index in [1.54, 1.807) is 13.8 Å². The summed E-state index contributed by atoms with van der Waals surface area (Å²) in [5, 5.41) is 9.58. The fourth-order valence-electron chi connectivity index (χ4n) is 2.88. The number of hydrogen-bond acceptors (Lipinski definition) is 6. The van der Waals surface area contributed by atoms with Crippen LogP contribution in [0.5, 0.6) is 0 Å². The highest BCUT2D eigenvalue weighted by Crippen LogP contribution is 2.39. The number of carbonyl (C=O) groups is 1. The van der Waals surface area contributed by atoms with Gasteiger partial charge in [-0.2, -0.15) is 5.26 Å². The van der Waals surface area contributed by atoms with Crippen molar-refractivity contribution in [3.05, 3.63) is 58.2 Å². The van der Waals surface area contributed by atoms with Crippen molar-refractivity contribution >= 4 is 5.97 Å². The lowest BCUT2D eigenvalue weighted by molar-refractivity contribution is -0.139. The maximum Gasteiger partial charge on any atom is 0.338 e. The van der Waals surface area contributed by atoms with E-state index in [0.717, 1.165) is 17.5 Å². The van der Waals surface area contributed by atoms with Gasteiger partial charge in [0, 0.05) is 6.61 Å². The minimum Gasteiger partial charge on any atom is -0.463 e. The van der Waals surface area contributed by atoms with Crippen LogP contribution in [0.1, 0.15) is 44.2 Å². The quantitative estimate of drug-likeness (QED) is 0.595. The molecule has 26 heavy (non-hydrogen) atoms. The lowest BCUT2D eigenvalue weighted by atomic mass is 9.82. The first-order valence-electron chi connectivity index (χ1n) is 8.65. The van der Waals surface area contributed by atoms with Crippen LogP contribution in [0.2, 0.25) is 0 Å². The summed E-state index contributed by atoms with van der Waals surface area (Å²) in [7, 11) is 0. The third-order valence-electron chi connectivity index (χ3n) is 4.00. The molecule has 1 aromatic carbocycles. The third-order valence-corrected chi connectivity index (χ3v) is 4.00. The van der Waals surface area contributed by atoms with Crippen LogP contribution in [0.3, 0.4) is 0 Å². The highest BCUT2D eigenvalue weighted by molar-refractivity contribution is 5.92. The van der Waals surface area contributed by atoms with Crippen LogP contribution in [0.25, 0.3) is 0 Å². The maximum atomic E-state index is 12.5. The monoisotopic (exact) mass is 356 g/mol. The Hall–Kier alpha value is -2.78. The average Bonchev–Trinajstić information content (AvgIpc) is 2.61. The molecule has 2 N–H and O–H groups in total. The van der Waals surface area contributed by atoms with Gasteiger partial charge in [0.2, 0.25) is 5.88 Å². The lowest BCUT2D eigenvalue weighted by Crippen LogP contribution is -2.25. The highest BCUT2D eigenvalue weighted by atomic mass is 16.5. The van der Waals surface area contributed by atoms with E-state index in [0.29, 0.717) is 24.5 Å². The Morgan fingerprint density at radius 2 is 2.15 bits per heavy atom. The molecule has 0 aliphatic carbocycles. The normalized spacial score (nSPS) is 16.9. The predicted octanol–water partition coefficient (Wildman–Crippen LogP) is 3.26. The largest absolute Gasteiger partial charge is 0.463 e. The van der Waals surface area contributed by atoms with E-state index in [1.165, 1.54) is 0 Å². The van der Waals surface area contributed by atoms with Crippen molar-refractivity contribution < 1.29 is 19.0 Å². The molecule has 0 fully saturated rings. The summed E-state index contributed by atoms with van der Waals surface area (Å²) in [6, 6.07) is 9.67. The average molecular weight is 356 g/mol. The molecule has 1 aliphatic rings. The van der Waals surface area contributed by atoms with Crippen LogP contribution in [-0.4, -0.2) is 19.2 Å². The first kappa shape index (κ1) is 19.5. The van der Waals surface area contributed by atoms with Gasteiger partial charge in [0.1, 0.15) is 17.4 Å². The fourth-order valence-corrected chi connectivity index (χ4v) is 2.88. The van der Waals surface area contributed by atoms with E-state index in [2.05, 4.69) is 6.07 Å². The zero-order valence-corrected chi connectivity index (χ0v) is 15.4. The molecule has 0 amide bonds. The van der Waals surface area contributed by atoms with Gasteiger partial charge in [-0.05, 0) is 31.4 Å². The van der Waals surface area contributed by atoms with Crippen LogP contribution in [-0.2, 0) is 25.6 Å². The minimum atomic E-state index is -0.626. The summed E-state index contributed by atoms with van der Waals surface area (Å²) in [5.41, 5.74) is 8.13. The molecule has 1 unspecified atom stereocenters. The summed E-state index contributed by atoms with van der Waals surface area (Å²) in [4.78, 5) is 12.5. The first-order valence-corrected chi connectivity index (χ1v) is 8.65. The molecule has 0 bridgehead atoms. The van der Waals surface area contributed by atoms with Gasteiger partial charge < -0.3 is 19.9 Å². The summed E-state index contributed by atoms with van der Waals surface area (Å²) >= 11 is 0. The van der Waals surface area contributed by atoms with E-state index < -0.39 is 11.9 Å². The van der Waals surface area contributed by atoms with Crippen molar-refractivity contribution in [2.24, 2.45) is 5.73 Å². The van der Waals surface area contributed by atoms with E-state index in [4.69, 9.17) is 19.9 Å². The van der Waals surface area contributed by atoms with Crippen molar-refractivity contribution in [1.82, 2.24) is 0 Å². The van der Waals surface area contributed by atoms with Crippen LogP contribution in [0.15, 0.2) is 47.1 Å². The van der Waals surface area contributed by atoms with Crippen molar-refractivity contribution in [3.63, 3.8) is 0 Å². The van der Waals surface area contributed by atoms with Gasteiger partial charge in [0.15, 0.2) is 0 Å². The Bertz CT molecular complexity index is 774. The Labute approximate surface area is 153 Å². The van der Waals surface area contributed by atoms with Crippen LogP contribution < -0.4 is 5.73 Å². The highest BCUT2D eigenvalue weighted by Gasteiger charge is 2.36. The van der Waals surface area contributed by atoms with E-state index in [-0.39, 0.29) is 18.1 Å². The third kappa shape index (κ3) is 4.24. The number of allylic oxidation sites excluding steroid dienone is 2. The number of carbonyl (C=O) groups excluding carboxylic acids is 1. The number of nitrogens with zero attached hydrogens (tertiary/aromatic N) is 1. The lowest BCUT2D eigenvalue weighted by Gasteiger charge is -2.27. The van der Waals surface area contributed by atoms with E-state index in [1.807, 2.05) is 31.2 Å². The molecular weight excluding hydrogens is 332 g/mol. The fraction of sp³-hybridized carbons (Fsp3) is 0.400. The SMILES string of the molecule is CCCOCc1cccc(C2C(C#N)=C(N)OC(C)=C2C(=O)OCC)c1. The van der Waals surface area contributed by atoms with Gasteiger partial charge in [-0.15, -0.1) is 0 Å². The van der Waals surface area contributed by atoms with Gasteiger partial charge in [0.25, 0.3) is 0 Å². The topological polar surface area (TPSA) is 94.6 Å².